The highest BCUT2D eigenvalue weighted by Gasteiger charge is 2.24. The van der Waals surface area contributed by atoms with Crippen LogP contribution in [0.3, 0.4) is 0 Å². The number of carbonyl (C=O) groups excluding carboxylic acids is 1. The van der Waals surface area contributed by atoms with E-state index in [1.807, 2.05) is 47.1 Å². The fourth-order valence-corrected chi connectivity index (χ4v) is 3.63. The quantitative estimate of drug-likeness (QED) is 0.716. The van der Waals surface area contributed by atoms with E-state index in [0.717, 1.165) is 47.5 Å². The molecule has 3 aromatic rings. The minimum absolute atomic E-state index is 0. The molecule has 142 valence electrons. The molecule has 0 radical (unpaired) electrons. The van der Waals surface area contributed by atoms with E-state index in [1.54, 1.807) is 0 Å². The number of aromatic nitrogens is 2. The van der Waals surface area contributed by atoms with Crippen LogP contribution in [-0.2, 0) is 4.79 Å². The van der Waals surface area contributed by atoms with Crippen molar-refractivity contribution in [3.8, 4) is 11.3 Å². The van der Waals surface area contributed by atoms with E-state index in [-0.39, 0.29) is 24.2 Å². The molecule has 2 N–H and O–H groups in total. The van der Waals surface area contributed by atoms with E-state index in [0.29, 0.717) is 6.04 Å². The Balaban J connectivity index is 0.00000210. The zero-order chi connectivity index (χ0) is 18.1. The predicted molar refractivity (Wildman–Crippen MR) is 111 cm³/mol. The van der Waals surface area contributed by atoms with Crippen LogP contribution in [0.2, 0.25) is 0 Å². The first-order valence-corrected chi connectivity index (χ1v) is 9.19. The van der Waals surface area contributed by atoms with Crippen molar-refractivity contribution in [1.29, 1.82) is 0 Å². The molecule has 1 aromatic carbocycles. The summed E-state index contributed by atoms with van der Waals surface area (Å²) < 4.78 is 2.04. The number of anilines is 1. The summed E-state index contributed by atoms with van der Waals surface area (Å²) in [6.07, 6.45) is 5.83. The molecule has 5 nitrogen and oxygen atoms in total. The van der Waals surface area contributed by atoms with Crippen LogP contribution in [0.4, 0.5) is 5.69 Å². The number of piperidine rings is 1. The van der Waals surface area contributed by atoms with Crippen LogP contribution >= 0.6 is 12.4 Å². The zero-order valence-corrected chi connectivity index (χ0v) is 16.4. The lowest BCUT2D eigenvalue weighted by Crippen LogP contribution is -2.40. The van der Waals surface area contributed by atoms with Gasteiger partial charge in [0.1, 0.15) is 5.65 Å². The first-order chi connectivity index (χ1) is 12.6. The van der Waals surface area contributed by atoms with Gasteiger partial charge in [0, 0.05) is 35.6 Å². The van der Waals surface area contributed by atoms with Crippen LogP contribution in [0.1, 0.15) is 25.3 Å². The Morgan fingerprint density at radius 1 is 1.26 bits per heavy atom. The van der Waals surface area contributed by atoms with Crippen LogP contribution in [0.15, 0.2) is 48.8 Å². The number of nitrogens with one attached hydrogen (secondary N) is 2. The fraction of sp³-hybridized carbons (Fsp3) is 0.333. The number of nitrogens with zero attached hydrogens (tertiary/aromatic N) is 2. The van der Waals surface area contributed by atoms with Crippen LogP contribution in [0.5, 0.6) is 0 Å². The van der Waals surface area contributed by atoms with Gasteiger partial charge in [-0.3, -0.25) is 4.79 Å². The van der Waals surface area contributed by atoms with E-state index in [9.17, 15) is 4.79 Å². The third-order valence-corrected chi connectivity index (χ3v) is 5.12. The van der Waals surface area contributed by atoms with E-state index < -0.39 is 0 Å². The number of amides is 1. The largest absolute Gasteiger partial charge is 0.326 e. The minimum atomic E-state index is 0. The highest BCUT2D eigenvalue weighted by Crippen LogP contribution is 2.23. The molecule has 3 heterocycles. The maximum atomic E-state index is 12.5. The number of aryl methyl sites for hydroxylation is 1. The third kappa shape index (κ3) is 4.15. The molecule has 0 bridgehead atoms. The Labute approximate surface area is 165 Å². The molecular weight excluding hydrogens is 360 g/mol. The molecule has 1 fully saturated rings. The van der Waals surface area contributed by atoms with Crippen molar-refractivity contribution in [2.45, 2.75) is 32.7 Å². The summed E-state index contributed by atoms with van der Waals surface area (Å²) in [7, 11) is 0. The summed E-state index contributed by atoms with van der Waals surface area (Å²) in [5, 5.41) is 6.44. The Hall–Kier alpha value is -2.37. The average molecular weight is 385 g/mol. The third-order valence-electron chi connectivity index (χ3n) is 5.12. The highest BCUT2D eigenvalue weighted by atomic mass is 35.5. The Morgan fingerprint density at radius 3 is 2.74 bits per heavy atom. The van der Waals surface area contributed by atoms with Crippen LogP contribution in [-0.4, -0.2) is 27.9 Å². The summed E-state index contributed by atoms with van der Waals surface area (Å²) in [4.78, 5) is 17.2. The second-order valence-electron chi connectivity index (χ2n) is 7.19. The highest BCUT2D eigenvalue weighted by molar-refractivity contribution is 5.92. The molecule has 1 saturated heterocycles. The van der Waals surface area contributed by atoms with Gasteiger partial charge in [0.2, 0.25) is 5.91 Å². The molecule has 4 rings (SSSR count). The minimum Gasteiger partial charge on any atom is -0.326 e. The average Bonchev–Trinajstić information content (AvgIpc) is 3.08. The lowest BCUT2D eigenvalue weighted by molar-refractivity contribution is -0.120. The summed E-state index contributed by atoms with van der Waals surface area (Å²) in [5.74, 6) is 0.210. The van der Waals surface area contributed by atoms with Crippen molar-refractivity contribution in [1.82, 2.24) is 14.7 Å². The number of pyridine rings is 1. The summed E-state index contributed by atoms with van der Waals surface area (Å²) in [6.45, 7) is 5.10. The molecule has 6 heteroatoms. The molecular formula is C21H25ClN4O. The van der Waals surface area contributed by atoms with Gasteiger partial charge in [-0.15, -0.1) is 12.4 Å². The molecule has 27 heavy (non-hydrogen) atoms. The number of fused-ring (bicyclic) bond motifs is 1. The van der Waals surface area contributed by atoms with Gasteiger partial charge in [0.15, 0.2) is 0 Å². The SMILES string of the molecule is Cc1cccn2cc(-c3ccc(NC(=O)[C@H]4CCN[C@@H](C)C4)cc3)nc12.Cl. The van der Waals surface area contributed by atoms with Crippen LogP contribution in [0.25, 0.3) is 16.9 Å². The van der Waals surface area contributed by atoms with E-state index in [4.69, 9.17) is 4.98 Å². The number of rotatable bonds is 3. The first-order valence-electron chi connectivity index (χ1n) is 9.19. The van der Waals surface area contributed by atoms with E-state index >= 15 is 0 Å². The van der Waals surface area contributed by atoms with Crippen molar-refractivity contribution in [2.75, 3.05) is 11.9 Å². The standard InChI is InChI=1S/C21H24N4O.ClH/c1-14-4-3-11-25-13-19(24-20(14)25)16-5-7-18(8-6-16)23-21(26)17-9-10-22-15(2)12-17;/h3-8,11,13,15,17,22H,9-10,12H2,1-2H3,(H,23,26);1H/t15-,17-;/m0./s1. The molecule has 1 amide bonds. The van der Waals surface area contributed by atoms with Gasteiger partial charge >= 0.3 is 0 Å². The van der Waals surface area contributed by atoms with Gasteiger partial charge in [-0.25, -0.2) is 4.98 Å². The van der Waals surface area contributed by atoms with Crippen molar-refractivity contribution in [2.24, 2.45) is 5.92 Å². The van der Waals surface area contributed by atoms with Crippen molar-refractivity contribution in [3.63, 3.8) is 0 Å². The fourth-order valence-electron chi connectivity index (χ4n) is 3.63. The lowest BCUT2D eigenvalue weighted by atomic mass is 9.92. The number of imidazole rings is 1. The van der Waals surface area contributed by atoms with Gasteiger partial charge in [0.25, 0.3) is 0 Å². The molecule has 2 atom stereocenters. The maximum absolute atomic E-state index is 12.5. The van der Waals surface area contributed by atoms with Gasteiger partial charge < -0.3 is 15.0 Å². The molecule has 0 aliphatic carbocycles. The number of hydrogen-bond donors (Lipinski definition) is 2. The van der Waals surface area contributed by atoms with E-state index in [1.165, 1.54) is 0 Å². The first kappa shape index (κ1) is 19.4. The van der Waals surface area contributed by atoms with Crippen LogP contribution in [0, 0.1) is 12.8 Å². The second kappa shape index (κ2) is 8.11. The molecule has 1 aliphatic heterocycles. The van der Waals surface area contributed by atoms with Crippen molar-refractivity contribution < 1.29 is 4.79 Å². The number of benzene rings is 1. The lowest BCUT2D eigenvalue weighted by Gasteiger charge is -2.27. The summed E-state index contributed by atoms with van der Waals surface area (Å²) in [5.41, 5.74) is 4.94. The number of hydrogen-bond acceptors (Lipinski definition) is 3. The molecule has 0 saturated carbocycles. The van der Waals surface area contributed by atoms with Gasteiger partial charge in [-0.1, -0.05) is 18.2 Å². The zero-order valence-electron chi connectivity index (χ0n) is 15.6. The molecule has 0 spiro atoms. The topological polar surface area (TPSA) is 58.4 Å². The smallest absolute Gasteiger partial charge is 0.227 e. The Kier molecular flexibility index (Phi) is 5.82. The van der Waals surface area contributed by atoms with Crippen LogP contribution < -0.4 is 10.6 Å². The molecule has 0 unspecified atom stereocenters. The molecule has 2 aromatic heterocycles. The van der Waals surface area contributed by atoms with Gasteiger partial charge in [-0.05, 0) is 57.0 Å². The normalized spacial score (nSPS) is 19.5. The van der Waals surface area contributed by atoms with Gasteiger partial charge in [-0.2, -0.15) is 0 Å². The van der Waals surface area contributed by atoms with Crippen molar-refractivity contribution in [3.05, 3.63) is 54.4 Å². The van der Waals surface area contributed by atoms with Crippen molar-refractivity contribution >= 4 is 29.6 Å². The predicted octanol–water partition coefficient (Wildman–Crippen LogP) is 4.06. The van der Waals surface area contributed by atoms with E-state index in [2.05, 4.69) is 30.5 Å². The Bertz CT molecular complexity index is 935. The van der Waals surface area contributed by atoms with Gasteiger partial charge in [0.05, 0.1) is 5.69 Å². The second-order valence-corrected chi connectivity index (χ2v) is 7.19. The molecule has 1 aliphatic rings. The number of carbonyl (C=O) groups is 1. The summed E-state index contributed by atoms with van der Waals surface area (Å²) in [6, 6.07) is 12.4. The number of halogens is 1. The summed E-state index contributed by atoms with van der Waals surface area (Å²) >= 11 is 0. The maximum Gasteiger partial charge on any atom is 0.227 e. The monoisotopic (exact) mass is 384 g/mol. The Morgan fingerprint density at radius 2 is 2.04 bits per heavy atom.